The number of hydrogen-bond acceptors (Lipinski definition) is 4. The summed E-state index contributed by atoms with van der Waals surface area (Å²) in [5.41, 5.74) is -4.91. The van der Waals surface area contributed by atoms with Crippen molar-refractivity contribution in [3.05, 3.63) is 53.7 Å². The van der Waals surface area contributed by atoms with E-state index in [-0.39, 0.29) is 5.75 Å². The van der Waals surface area contributed by atoms with Crippen LogP contribution in [0.4, 0.5) is 32.2 Å². The lowest BCUT2D eigenvalue weighted by atomic mass is 10.1. The first-order chi connectivity index (χ1) is 12.9. The zero-order chi connectivity index (χ0) is 21.2. The van der Waals surface area contributed by atoms with E-state index in [2.05, 4.69) is 4.98 Å². The number of aryl methyl sites for hydroxylation is 1. The summed E-state index contributed by atoms with van der Waals surface area (Å²) in [6, 6.07) is 7.33. The Bertz CT molecular complexity index is 837. The van der Waals surface area contributed by atoms with Crippen LogP contribution in [0.25, 0.3) is 0 Å². The van der Waals surface area contributed by atoms with E-state index in [0.29, 0.717) is 5.56 Å². The Morgan fingerprint density at radius 1 is 1.04 bits per heavy atom. The largest absolute Gasteiger partial charge is 0.496 e. The molecule has 2 N–H and O–H groups in total. The monoisotopic (exact) mass is 407 g/mol. The highest BCUT2D eigenvalue weighted by atomic mass is 19.4. The minimum atomic E-state index is -5.95. The molecule has 0 aliphatic carbocycles. The predicted molar refractivity (Wildman–Crippen MR) is 87.9 cm³/mol. The summed E-state index contributed by atoms with van der Waals surface area (Å²) in [7, 11) is 1.13. The molecule has 2 aromatic rings. The highest BCUT2D eigenvalue weighted by Gasteiger charge is 2.73. The molecule has 1 aromatic carbocycles. The summed E-state index contributed by atoms with van der Waals surface area (Å²) < 4.78 is 86.8. The lowest BCUT2D eigenvalue weighted by molar-refractivity contribution is -0.294. The lowest BCUT2D eigenvalue weighted by Crippen LogP contribution is -2.72. The van der Waals surface area contributed by atoms with Crippen LogP contribution in [0.3, 0.4) is 0 Å². The van der Waals surface area contributed by atoms with Crippen LogP contribution >= 0.6 is 0 Å². The summed E-state index contributed by atoms with van der Waals surface area (Å²) in [5, 5.41) is 2.37. The fraction of sp³-hybridized carbons (Fsp3) is 0.294. The van der Waals surface area contributed by atoms with E-state index in [1.165, 1.54) is 36.5 Å². The number of hydrogen-bond donors (Lipinski definition) is 2. The smallest absolute Gasteiger partial charge is 0.439 e. The van der Waals surface area contributed by atoms with Crippen molar-refractivity contribution in [3.8, 4) is 5.75 Å². The first kappa shape index (κ1) is 21.3. The van der Waals surface area contributed by atoms with E-state index in [1.807, 2.05) is 0 Å². The second-order valence-electron chi connectivity index (χ2n) is 5.74. The van der Waals surface area contributed by atoms with Gasteiger partial charge >= 0.3 is 18.0 Å². The van der Waals surface area contributed by atoms with E-state index in [0.717, 1.165) is 30.8 Å². The number of aromatic nitrogens is 1. The third-order valence-corrected chi connectivity index (χ3v) is 3.73. The molecule has 0 saturated carbocycles. The van der Waals surface area contributed by atoms with Crippen LogP contribution in [0.2, 0.25) is 0 Å². The number of amides is 1. The van der Waals surface area contributed by atoms with Gasteiger partial charge in [-0.25, -0.2) is 4.98 Å². The van der Waals surface area contributed by atoms with Gasteiger partial charge in [-0.2, -0.15) is 26.3 Å². The van der Waals surface area contributed by atoms with Gasteiger partial charge in [0.05, 0.1) is 12.7 Å². The minimum Gasteiger partial charge on any atom is -0.496 e. The lowest BCUT2D eigenvalue weighted by Gasteiger charge is -2.38. The van der Waals surface area contributed by atoms with Gasteiger partial charge in [-0.3, -0.25) is 4.79 Å². The molecule has 2 rings (SSSR count). The highest BCUT2D eigenvalue weighted by Crippen LogP contribution is 2.43. The fourth-order valence-corrected chi connectivity index (χ4v) is 2.34. The molecule has 0 spiro atoms. The van der Waals surface area contributed by atoms with Crippen LogP contribution in [0, 0.1) is 6.92 Å². The first-order valence-electron chi connectivity index (χ1n) is 7.71. The zero-order valence-electron chi connectivity index (χ0n) is 14.6. The molecule has 1 heterocycles. The highest BCUT2D eigenvalue weighted by molar-refractivity contribution is 5.97. The Morgan fingerprint density at radius 3 is 2.18 bits per heavy atom. The molecule has 0 aliphatic rings. The molecule has 1 amide bonds. The number of benzene rings is 1. The Hall–Kier alpha value is -2.98. The van der Waals surface area contributed by atoms with E-state index in [4.69, 9.17) is 4.74 Å². The molecule has 0 radical (unpaired) electrons. The van der Waals surface area contributed by atoms with Crippen molar-refractivity contribution in [1.29, 1.82) is 0 Å². The number of rotatable bonds is 5. The summed E-state index contributed by atoms with van der Waals surface area (Å²) in [6.45, 7) is 1.46. The van der Waals surface area contributed by atoms with Crippen LogP contribution in [0.1, 0.15) is 15.9 Å². The number of nitrogens with zero attached hydrogens (tertiary/aromatic N) is 1. The van der Waals surface area contributed by atoms with E-state index < -0.39 is 35.3 Å². The normalized spacial score (nSPS) is 12.4. The summed E-state index contributed by atoms with van der Waals surface area (Å²) in [6.07, 6.45) is -10.9. The molecule has 0 unspecified atom stereocenters. The van der Waals surface area contributed by atoms with Crippen LogP contribution < -0.4 is 15.4 Å². The van der Waals surface area contributed by atoms with E-state index >= 15 is 0 Å². The Balaban J connectivity index is 2.56. The van der Waals surface area contributed by atoms with Crippen molar-refractivity contribution in [2.75, 3.05) is 12.4 Å². The molecule has 0 atom stereocenters. The number of para-hydroxylation sites is 1. The summed E-state index contributed by atoms with van der Waals surface area (Å²) >= 11 is 0. The van der Waals surface area contributed by atoms with Gasteiger partial charge in [0.25, 0.3) is 5.91 Å². The van der Waals surface area contributed by atoms with Gasteiger partial charge in [-0.15, -0.1) is 0 Å². The summed E-state index contributed by atoms with van der Waals surface area (Å²) in [5.74, 6) is -2.53. The molecular weight excluding hydrogens is 392 g/mol. The van der Waals surface area contributed by atoms with Crippen molar-refractivity contribution in [3.63, 3.8) is 0 Å². The molecule has 0 saturated heterocycles. The maximum absolute atomic E-state index is 13.7. The van der Waals surface area contributed by atoms with Crippen molar-refractivity contribution in [1.82, 2.24) is 10.3 Å². The maximum Gasteiger partial charge on any atom is 0.439 e. The van der Waals surface area contributed by atoms with Gasteiger partial charge in [0.1, 0.15) is 11.6 Å². The minimum absolute atomic E-state index is 0.188. The summed E-state index contributed by atoms with van der Waals surface area (Å²) in [4.78, 5) is 15.8. The van der Waals surface area contributed by atoms with Crippen LogP contribution in [0.5, 0.6) is 5.75 Å². The average Bonchev–Trinajstić information content (AvgIpc) is 2.59. The average molecular weight is 407 g/mol. The van der Waals surface area contributed by atoms with Crippen LogP contribution in [0.15, 0.2) is 42.6 Å². The molecule has 11 heteroatoms. The first-order valence-corrected chi connectivity index (χ1v) is 7.71. The second-order valence-corrected chi connectivity index (χ2v) is 5.74. The third kappa shape index (κ3) is 4.12. The Kier molecular flexibility index (Phi) is 5.76. The number of methoxy groups -OCH3 is 1. The molecule has 5 nitrogen and oxygen atoms in total. The van der Waals surface area contributed by atoms with Gasteiger partial charge in [0.2, 0.25) is 0 Å². The SMILES string of the molecule is COc1ccccc1C(=O)NC(Nc1cc(C)ccn1)(C(F)(F)F)C(F)(F)F. The quantitative estimate of drug-likeness (QED) is 0.580. The van der Waals surface area contributed by atoms with Crippen molar-refractivity contribution in [2.45, 2.75) is 24.9 Å². The van der Waals surface area contributed by atoms with Crippen molar-refractivity contribution < 1.29 is 35.9 Å². The molecule has 1 aromatic heterocycles. The van der Waals surface area contributed by atoms with Crippen LogP contribution in [-0.4, -0.2) is 36.0 Å². The maximum atomic E-state index is 13.7. The number of carbonyl (C=O) groups excluding carboxylic acids is 1. The number of alkyl halides is 6. The molecule has 0 bridgehead atoms. The van der Waals surface area contributed by atoms with Crippen molar-refractivity contribution >= 4 is 11.7 Å². The molecular formula is C17H15F6N3O2. The third-order valence-electron chi connectivity index (χ3n) is 3.73. The number of ether oxygens (including phenoxy) is 1. The van der Waals surface area contributed by atoms with E-state index in [1.54, 1.807) is 0 Å². The number of anilines is 1. The number of nitrogens with one attached hydrogen (secondary N) is 2. The Labute approximate surface area is 155 Å². The number of carbonyl (C=O) groups is 1. The number of halogens is 6. The predicted octanol–water partition coefficient (Wildman–Crippen LogP) is 4.06. The second kappa shape index (κ2) is 7.56. The molecule has 0 fully saturated rings. The van der Waals surface area contributed by atoms with Gasteiger partial charge in [-0.1, -0.05) is 12.1 Å². The molecule has 0 aliphatic heterocycles. The fourth-order valence-electron chi connectivity index (χ4n) is 2.34. The zero-order valence-corrected chi connectivity index (χ0v) is 14.6. The standard InChI is InChI=1S/C17H15F6N3O2/c1-10-7-8-24-13(9-10)25-15(16(18,19)20,17(21,22)23)26-14(27)11-5-3-4-6-12(11)28-2/h3-9H,1-2H3,(H,24,25)(H,26,27). The van der Waals surface area contributed by atoms with Gasteiger partial charge < -0.3 is 15.4 Å². The van der Waals surface area contributed by atoms with Gasteiger partial charge in [0, 0.05) is 6.20 Å². The van der Waals surface area contributed by atoms with Gasteiger partial charge in [-0.05, 0) is 36.8 Å². The van der Waals surface area contributed by atoms with Crippen LogP contribution in [-0.2, 0) is 0 Å². The Morgan fingerprint density at radius 2 is 1.64 bits per heavy atom. The molecule has 28 heavy (non-hydrogen) atoms. The van der Waals surface area contributed by atoms with Gasteiger partial charge in [0.15, 0.2) is 0 Å². The topological polar surface area (TPSA) is 63.2 Å². The van der Waals surface area contributed by atoms with Crippen molar-refractivity contribution in [2.24, 2.45) is 0 Å². The number of pyridine rings is 1. The molecule has 152 valence electrons. The van der Waals surface area contributed by atoms with E-state index in [9.17, 15) is 31.1 Å².